The van der Waals surface area contributed by atoms with Crippen molar-refractivity contribution in [3.05, 3.63) is 138 Å². The minimum atomic E-state index is -0.207. The maximum absolute atomic E-state index is 12.1. The maximum atomic E-state index is 12.1. The van der Waals surface area contributed by atoms with Gasteiger partial charge in [0.1, 0.15) is 0 Å². The Labute approximate surface area is 275 Å². The van der Waals surface area contributed by atoms with Gasteiger partial charge in [-0.3, -0.25) is 4.79 Å². The number of allylic oxidation sites excluding steroid dienone is 1. The zero-order valence-electron chi connectivity index (χ0n) is 25.1. The zero-order chi connectivity index (χ0) is 31.1. The van der Waals surface area contributed by atoms with Gasteiger partial charge in [-0.15, -0.1) is 11.8 Å². The van der Waals surface area contributed by atoms with E-state index in [0.717, 1.165) is 78.3 Å². The average molecular weight is 640 g/mol. The Morgan fingerprint density at radius 3 is 1.98 bits per heavy atom. The molecule has 0 aliphatic heterocycles. The molecule has 0 heterocycles. The molecular formula is C38H38ClNO2S2. The summed E-state index contributed by atoms with van der Waals surface area (Å²) in [6.45, 7) is 10.8. The monoisotopic (exact) mass is 639 g/mol. The quantitative estimate of drug-likeness (QED) is 0.0529. The van der Waals surface area contributed by atoms with Gasteiger partial charge in [0.05, 0.1) is 0 Å². The SMILES string of the molecule is C=C(C(CCSc1ccc(Cl)cc1)=NCOC(=O)CCCCC)c1ccc(Sc2ccc(C(=C)c3ccccc3)cc2)cc1. The Kier molecular flexibility index (Phi) is 13.4. The van der Waals surface area contributed by atoms with E-state index in [1.165, 1.54) is 0 Å². The first-order chi connectivity index (χ1) is 21.4. The topological polar surface area (TPSA) is 38.7 Å². The third kappa shape index (κ3) is 10.6. The van der Waals surface area contributed by atoms with Crippen LogP contribution in [0, 0.1) is 0 Å². The van der Waals surface area contributed by atoms with E-state index in [4.69, 9.17) is 16.3 Å². The summed E-state index contributed by atoms with van der Waals surface area (Å²) in [5, 5.41) is 0.721. The summed E-state index contributed by atoms with van der Waals surface area (Å²) >= 11 is 9.48. The van der Waals surface area contributed by atoms with Crippen molar-refractivity contribution in [3.63, 3.8) is 0 Å². The van der Waals surface area contributed by atoms with Crippen molar-refractivity contribution in [1.29, 1.82) is 0 Å². The number of hydrogen-bond donors (Lipinski definition) is 0. The fourth-order valence-corrected chi connectivity index (χ4v) is 6.25. The van der Waals surface area contributed by atoms with Crippen molar-refractivity contribution in [2.24, 2.45) is 4.99 Å². The second-order valence-corrected chi connectivity index (χ2v) is 13.0. The van der Waals surface area contributed by atoms with Crippen molar-refractivity contribution >= 4 is 58.0 Å². The molecule has 4 aromatic carbocycles. The molecule has 4 aromatic rings. The Morgan fingerprint density at radius 1 is 0.750 bits per heavy atom. The van der Waals surface area contributed by atoms with Gasteiger partial charge >= 0.3 is 5.97 Å². The summed E-state index contributed by atoms with van der Waals surface area (Å²) in [4.78, 5) is 20.2. The van der Waals surface area contributed by atoms with Crippen molar-refractivity contribution in [1.82, 2.24) is 0 Å². The first-order valence-electron chi connectivity index (χ1n) is 14.8. The molecule has 0 aliphatic rings. The van der Waals surface area contributed by atoms with Crippen LogP contribution in [-0.4, -0.2) is 24.2 Å². The summed E-state index contributed by atoms with van der Waals surface area (Å²) in [5.74, 6) is 0.603. The van der Waals surface area contributed by atoms with Crippen LogP contribution in [0.5, 0.6) is 0 Å². The highest BCUT2D eigenvalue weighted by Gasteiger charge is 2.11. The highest BCUT2D eigenvalue weighted by molar-refractivity contribution is 7.99. The van der Waals surface area contributed by atoms with Gasteiger partial charge in [0, 0.05) is 37.6 Å². The summed E-state index contributed by atoms with van der Waals surface area (Å²) in [5.41, 5.74) is 5.92. The minimum Gasteiger partial charge on any atom is -0.442 e. The fourth-order valence-electron chi connectivity index (χ4n) is 4.45. The lowest BCUT2D eigenvalue weighted by Crippen LogP contribution is -2.09. The van der Waals surface area contributed by atoms with Gasteiger partial charge in [0.2, 0.25) is 0 Å². The Morgan fingerprint density at radius 2 is 1.34 bits per heavy atom. The molecule has 0 atom stereocenters. The van der Waals surface area contributed by atoms with Gasteiger partial charge in [-0.25, -0.2) is 4.99 Å². The van der Waals surface area contributed by atoms with Crippen molar-refractivity contribution in [3.8, 4) is 0 Å². The van der Waals surface area contributed by atoms with Gasteiger partial charge in [-0.2, -0.15) is 0 Å². The molecule has 0 bridgehead atoms. The molecule has 0 fully saturated rings. The first kappa shape index (κ1) is 33.4. The predicted molar refractivity (Wildman–Crippen MR) is 190 cm³/mol. The Hall–Kier alpha value is -3.51. The number of unbranched alkanes of at least 4 members (excludes halogenated alkanes) is 2. The highest BCUT2D eigenvalue weighted by atomic mass is 35.5. The number of carbonyl (C=O) groups excluding carboxylic acids is 1. The molecular weight excluding hydrogens is 602 g/mol. The van der Waals surface area contributed by atoms with E-state index in [9.17, 15) is 4.79 Å². The van der Waals surface area contributed by atoms with Crippen molar-refractivity contribution < 1.29 is 9.53 Å². The van der Waals surface area contributed by atoms with E-state index in [0.29, 0.717) is 12.8 Å². The predicted octanol–water partition coefficient (Wildman–Crippen LogP) is 11.3. The number of nitrogens with zero attached hydrogens (tertiary/aromatic N) is 1. The molecule has 0 amide bonds. The third-order valence-electron chi connectivity index (χ3n) is 7.00. The summed E-state index contributed by atoms with van der Waals surface area (Å²) in [7, 11) is 0. The van der Waals surface area contributed by atoms with Crippen molar-refractivity contribution in [2.75, 3.05) is 12.5 Å². The van der Waals surface area contributed by atoms with Crippen LogP contribution >= 0.6 is 35.1 Å². The number of rotatable bonds is 16. The Bertz CT molecular complexity index is 1550. The molecule has 3 nitrogen and oxygen atoms in total. The number of halogens is 1. The van der Waals surface area contributed by atoms with Crippen LogP contribution in [0.2, 0.25) is 5.02 Å². The molecule has 226 valence electrons. The molecule has 0 aliphatic carbocycles. The fraction of sp³-hybridized carbons (Fsp3) is 0.211. The Balaban J connectivity index is 1.38. The van der Waals surface area contributed by atoms with E-state index in [1.807, 2.05) is 42.5 Å². The van der Waals surface area contributed by atoms with Crippen LogP contribution < -0.4 is 0 Å². The molecule has 0 saturated heterocycles. The highest BCUT2D eigenvalue weighted by Crippen LogP contribution is 2.31. The number of ether oxygens (including phenoxy) is 1. The van der Waals surface area contributed by atoms with Gasteiger partial charge in [0.25, 0.3) is 0 Å². The van der Waals surface area contributed by atoms with Crippen LogP contribution in [0.15, 0.2) is 136 Å². The van der Waals surface area contributed by atoms with E-state index >= 15 is 0 Å². The van der Waals surface area contributed by atoms with Gasteiger partial charge < -0.3 is 4.74 Å². The average Bonchev–Trinajstić information content (AvgIpc) is 3.05. The lowest BCUT2D eigenvalue weighted by Gasteiger charge is -2.12. The standard InChI is InChI=1S/C38H38ClNO2S2/c1-4-5-7-12-38(41)42-27-40-37(25-26-43-34-23-17-33(39)18-24-34)29(3)32-15-21-36(22-16-32)44-35-19-13-31(14-20-35)28(2)30-10-8-6-9-11-30/h6,8-11,13-24H,2-5,7,12,25-27H2,1H3. The largest absolute Gasteiger partial charge is 0.442 e. The van der Waals surface area contributed by atoms with Crippen LogP contribution in [0.3, 0.4) is 0 Å². The maximum Gasteiger partial charge on any atom is 0.307 e. The number of carbonyl (C=O) groups is 1. The summed E-state index contributed by atoms with van der Waals surface area (Å²) < 4.78 is 5.42. The van der Waals surface area contributed by atoms with E-state index in [1.54, 1.807) is 23.5 Å². The normalized spacial score (nSPS) is 11.3. The number of esters is 1. The summed E-state index contributed by atoms with van der Waals surface area (Å²) in [6, 6.07) is 34.9. The van der Waals surface area contributed by atoms with Gasteiger partial charge in [-0.05, 0) is 89.2 Å². The van der Waals surface area contributed by atoms with E-state index < -0.39 is 0 Å². The number of hydrogen-bond acceptors (Lipinski definition) is 5. The van der Waals surface area contributed by atoms with Gasteiger partial charge in [0.15, 0.2) is 6.73 Å². The van der Waals surface area contributed by atoms with Gasteiger partial charge in [-0.1, -0.05) is 111 Å². The number of aliphatic imine (C=N–C) groups is 1. The molecule has 0 aromatic heterocycles. The number of benzene rings is 4. The molecule has 0 radical (unpaired) electrons. The molecule has 44 heavy (non-hydrogen) atoms. The van der Waals surface area contributed by atoms with Crippen LogP contribution in [-0.2, 0) is 9.53 Å². The lowest BCUT2D eigenvalue weighted by atomic mass is 10.00. The zero-order valence-corrected chi connectivity index (χ0v) is 27.5. The van der Waals surface area contributed by atoms with Crippen LogP contribution in [0.25, 0.3) is 11.1 Å². The molecule has 0 N–H and O–H groups in total. The van der Waals surface area contributed by atoms with E-state index in [2.05, 4.69) is 85.7 Å². The molecule has 0 saturated carbocycles. The number of thioether (sulfide) groups is 1. The first-order valence-corrected chi connectivity index (χ1v) is 17.0. The molecule has 4 rings (SSSR count). The second-order valence-electron chi connectivity index (χ2n) is 10.2. The van der Waals surface area contributed by atoms with E-state index in [-0.39, 0.29) is 12.7 Å². The molecule has 0 spiro atoms. The third-order valence-corrected chi connectivity index (χ3v) is 9.28. The van der Waals surface area contributed by atoms with Crippen LogP contribution in [0.1, 0.15) is 55.7 Å². The van der Waals surface area contributed by atoms with Crippen molar-refractivity contribution in [2.45, 2.75) is 53.7 Å². The summed E-state index contributed by atoms with van der Waals surface area (Å²) in [6.07, 6.45) is 4.04. The smallest absolute Gasteiger partial charge is 0.307 e. The second kappa shape index (κ2) is 17.7. The molecule has 6 heteroatoms. The minimum absolute atomic E-state index is 0.00551. The lowest BCUT2D eigenvalue weighted by molar-refractivity contribution is -0.143. The molecule has 0 unspecified atom stereocenters. The van der Waals surface area contributed by atoms with Crippen LogP contribution in [0.4, 0.5) is 0 Å².